The maximum atomic E-state index is 13.6. The van der Waals surface area contributed by atoms with E-state index in [1.165, 1.54) is 36.4 Å². The number of benzene rings is 2. The van der Waals surface area contributed by atoms with Crippen LogP contribution in [0.5, 0.6) is 5.75 Å². The number of hydrogen-bond acceptors (Lipinski definition) is 2. The van der Waals surface area contributed by atoms with Crippen LogP contribution in [-0.4, -0.2) is 4.99 Å². The molecule has 0 saturated carbocycles. The lowest BCUT2D eigenvalue weighted by molar-refractivity contribution is 0.298. The van der Waals surface area contributed by atoms with Crippen LogP contribution in [0.15, 0.2) is 36.4 Å². The number of thiocarbonyl (C=S) groups is 1. The maximum absolute atomic E-state index is 13.6. The maximum Gasteiger partial charge on any atom is 0.137 e. The molecule has 0 atom stereocenters. The molecular formula is C14H10ClF2NOS. The van der Waals surface area contributed by atoms with Gasteiger partial charge in [0.1, 0.15) is 29.0 Å². The van der Waals surface area contributed by atoms with Crippen LogP contribution in [0.1, 0.15) is 11.1 Å². The Hall–Kier alpha value is -1.72. The Morgan fingerprint density at radius 2 is 1.95 bits per heavy atom. The van der Waals surface area contributed by atoms with Crippen LogP contribution in [0.25, 0.3) is 0 Å². The highest BCUT2D eigenvalue weighted by Gasteiger charge is 2.13. The zero-order chi connectivity index (χ0) is 14.7. The average molecular weight is 314 g/mol. The smallest absolute Gasteiger partial charge is 0.137 e. The number of halogens is 3. The van der Waals surface area contributed by atoms with Gasteiger partial charge in [-0.25, -0.2) is 8.78 Å². The van der Waals surface area contributed by atoms with E-state index >= 15 is 0 Å². The molecule has 0 radical (unpaired) electrons. The molecule has 0 amide bonds. The molecule has 0 aliphatic heterocycles. The Kier molecular flexibility index (Phi) is 4.52. The van der Waals surface area contributed by atoms with Gasteiger partial charge >= 0.3 is 0 Å². The third kappa shape index (κ3) is 3.23. The van der Waals surface area contributed by atoms with Gasteiger partial charge in [0.15, 0.2) is 0 Å². The van der Waals surface area contributed by atoms with Crippen molar-refractivity contribution < 1.29 is 13.5 Å². The third-order valence-electron chi connectivity index (χ3n) is 2.61. The van der Waals surface area contributed by atoms with E-state index in [1.54, 1.807) is 0 Å². The molecule has 0 fully saturated rings. The lowest BCUT2D eigenvalue weighted by Gasteiger charge is -2.12. The minimum atomic E-state index is -0.582. The summed E-state index contributed by atoms with van der Waals surface area (Å²) in [4.78, 5) is -0.121. The van der Waals surface area contributed by atoms with Crippen molar-refractivity contribution in [1.29, 1.82) is 0 Å². The van der Waals surface area contributed by atoms with Gasteiger partial charge in [0, 0.05) is 10.6 Å². The van der Waals surface area contributed by atoms with Gasteiger partial charge in [0.25, 0.3) is 0 Å². The Labute approximate surface area is 125 Å². The Morgan fingerprint density at radius 1 is 1.20 bits per heavy atom. The molecule has 0 aromatic heterocycles. The molecule has 0 aliphatic rings. The van der Waals surface area contributed by atoms with E-state index in [-0.39, 0.29) is 28.5 Å². The van der Waals surface area contributed by atoms with Gasteiger partial charge in [-0.1, -0.05) is 29.9 Å². The second-order valence-electron chi connectivity index (χ2n) is 4.00. The highest BCUT2D eigenvalue weighted by molar-refractivity contribution is 7.80. The summed E-state index contributed by atoms with van der Waals surface area (Å²) in [6, 6.07) is 8.31. The van der Waals surface area contributed by atoms with E-state index in [0.717, 1.165) is 0 Å². The fourth-order valence-electron chi connectivity index (χ4n) is 1.67. The zero-order valence-electron chi connectivity index (χ0n) is 10.2. The normalized spacial score (nSPS) is 10.3. The summed E-state index contributed by atoms with van der Waals surface area (Å²) in [6.45, 7) is -0.106. The Morgan fingerprint density at radius 3 is 2.65 bits per heavy atom. The lowest BCUT2D eigenvalue weighted by atomic mass is 10.2. The van der Waals surface area contributed by atoms with Crippen molar-refractivity contribution in [2.24, 2.45) is 5.73 Å². The van der Waals surface area contributed by atoms with Crippen molar-refractivity contribution in [3.05, 3.63) is 64.2 Å². The molecule has 0 bridgehead atoms. The van der Waals surface area contributed by atoms with Crippen LogP contribution in [0.3, 0.4) is 0 Å². The first-order valence-electron chi connectivity index (χ1n) is 5.64. The SMILES string of the molecule is NC(=S)c1c(F)cccc1OCc1cc(Cl)ccc1F. The van der Waals surface area contributed by atoms with E-state index in [2.05, 4.69) is 0 Å². The first kappa shape index (κ1) is 14.7. The van der Waals surface area contributed by atoms with Crippen molar-refractivity contribution in [3.63, 3.8) is 0 Å². The van der Waals surface area contributed by atoms with Crippen molar-refractivity contribution in [2.45, 2.75) is 6.61 Å². The minimum absolute atomic E-state index is 0.00457. The van der Waals surface area contributed by atoms with Crippen molar-refractivity contribution >= 4 is 28.8 Å². The number of hydrogen-bond donors (Lipinski definition) is 1. The fraction of sp³-hybridized carbons (Fsp3) is 0.0714. The minimum Gasteiger partial charge on any atom is -0.488 e. The molecule has 2 aromatic rings. The van der Waals surface area contributed by atoms with Gasteiger partial charge in [-0.2, -0.15) is 0 Å². The molecule has 20 heavy (non-hydrogen) atoms. The molecule has 104 valence electrons. The van der Waals surface area contributed by atoms with Crippen LogP contribution >= 0.6 is 23.8 Å². The Balaban J connectivity index is 2.25. The summed E-state index contributed by atoms with van der Waals surface area (Å²) in [6.07, 6.45) is 0. The second-order valence-corrected chi connectivity index (χ2v) is 4.88. The summed E-state index contributed by atoms with van der Waals surface area (Å²) < 4.78 is 32.6. The van der Waals surface area contributed by atoms with E-state index in [1.807, 2.05) is 0 Å². The topological polar surface area (TPSA) is 35.2 Å². The summed E-state index contributed by atoms with van der Waals surface area (Å²) in [5.41, 5.74) is 5.72. The molecule has 2 nitrogen and oxygen atoms in total. The van der Waals surface area contributed by atoms with Crippen molar-refractivity contribution in [2.75, 3.05) is 0 Å². The molecule has 0 heterocycles. The standard InChI is InChI=1S/C14H10ClF2NOS/c15-9-4-5-10(16)8(6-9)7-19-12-3-1-2-11(17)13(12)14(18)20/h1-6H,7H2,(H2,18,20). The summed E-state index contributed by atoms with van der Waals surface area (Å²) in [7, 11) is 0. The molecule has 6 heteroatoms. The molecule has 0 spiro atoms. The van der Waals surface area contributed by atoms with Gasteiger partial charge in [-0.05, 0) is 30.3 Å². The molecule has 0 unspecified atom stereocenters. The van der Waals surface area contributed by atoms with E-state index in [4.69, 9.17) is 34.3 Å². The quantitative estimate of drug-likeness (QED) is 0.871. The predicted octanol–water partition coefficient (Wildman–Crippen LogP) is 3.83. The van der Waals surface area contributed by atoms with E-state index in [9.17, 15) is 8.78 Å². The third-order valence-corrected chi connectivity index (χ3v) is 3.05. The van der Waals surface area contributed by atoms with Crippen LogP contribution < -0.4 is 10.5 Å². The lowest BCUT2D eigenvalue weighted by Crippen LogP contribution is -2.14. The van der Waals surface area contributed by atoms with E-state index < -0.39 is 11.6 Å². The van der Waals surface area contributed by atoms with Gasteiger partial charge in [0.05, 0.1) is 5.56 Å². The fourth-order valence-corrected chi connectivity index (χ4v) is 2.07. The summed E-state index contributed by atoms with van der Waals surface area (Å²) in [5, 5.41) is 0.388. The predicted molar refractivity (Wildman–Crippen MR) is 78.0 cm³/mol. The van der Waals surface area contributed by atoms with Crippen LogP contribution in [-0.2, 0) is 6.61 Å². The second kappa shape index (κ2) is 6.15. The highest BCUT2D eigenvalue weighted by Crippen LogP contribution is 2.23. The number of nitrogens with two attached hydrogens (primary N) is 1. The van der Waals surface area contributed by atoms with Gasteiger partial charge < -0.3 is 10.5 Å². The number of ether oxygens (including phenoxy) is 1. The first-order chi connectivity index (χ1) is 9.49. The van der Waals surface area contributed by atoms with Gasteiger partial charge in [-0.15, -0.1) is 0 Å². The van der Waals surface area contributed by atoms with E-state index in [0.29, 0.717) is 5.02 Å². The van der Waals surface area contributed by atoms with Crippen LogP contribution in [0.4, 0.5) is 8.78 Å². The first-order valence-corrected chi connectivity index (χ1v) is 6.42. The van der Waals surface area contributed by atoms with Crippen LogP contribution in [0.2, 0.25) is 5.02 Å². The molecule has 2 aromatic carbocycles. The Bertz CT molecular complexity index is 664. The van der Waals surface area contributed by atoms with Crippen LogP contribution in [0, 0.1) is 11.6 Å². The average Bonchev–Trinajstić information content (AvgIpc) is 2.39. The van der Waals surface area contributed by atoms with Crippen molar-refractivity contribution in [3.8, 4) is 5.75 Å². The summed E-state index contributed by atoms with van der Waals surface area (Å²) >= 11 is 10.6. The molecule has 0 aliphatic carbocycles. The monoisotopic (exact) mass is 313 g/mol. The summed E-state index contributed by atoms with van der Waals surface area (Å²) in [5.74, 6) is -0.874. The molecule has 0 saturated heterocycles. The zero-order valence-corrected chi connectivity index (χ0v) is 11.8. The molecular weight excluding hydrogens is 304 g/mol. The molecule has 2 N–H and O–H groups in total. The van der Waals surface area contributed by atoms with Crippen molar-refractivity contribution in [1.82, 2.24) is 0 Å². The molecule has 2 rings (SSSR count). The largest absolute Gasteiger partial charge is 0.488 e. The van der Waals surface area contributed by atoms with Gasteiger partial charge in [0.2, 0.25) is 0 Å². The number of rotatable bonds is 4. The van der Waals surface area contributed by atoms with Gasteiger partial charge in [-0.3, -0.25) is 0 Å². The highest BCUT2D eigenvalue weighted by atomic mass is 35.5.